The summed E-state index contributed by atoms with van der Waals surface area (Å²) in [5.74, 6) is 0. The summed E-state index contributed by atoms with van der Waals surface area (Å²) in [5.41, 5.74) is 0. The Morgan fingerprint density at radius 3 is 2.58 bits per heavy atom. The fourth-order valence-corrected chi connectivity index (χ4v) is 1.26. The Labute approximate surface area is 77.1 Å². The Kier molecular flexibility index (Phi) is 4.83. The van der Waals surface area contributed by atoms with Gasteiger partial charge in [0.25, 0.3) is 0 Å². The number of rotatable bonds is 5. The molecule has 2 nitrogen and oxygen atoms in total. The van der Waals surface area contributed by atoms with Gasteiger partial charge in [0.15, 0.2) is 0 Å². The summed E-state index contributed by atoms with van der Waals surface area (Å²) in [6.45, 7) is 1.26. The molecule has 1 aromatic carbocycles. The highest BCUT2D eigenvalue weighted by molar-refractivity contribution is 7.94. The lowest BCUT2D eigenvalue weighted by Gasteiger charge is -2.00. The first-order chi connectivity index (χ1) is 5.93. The highest BCUT2D eigenvalue weighted by Gasteiger charge is 1.91. The normalized spacial score (nSPS) is 10.1. The zero-order valence-electron chi connectivity index (χ0n) is 7.03. The summed E-state index contributed by atoms with van der Waals surface area (Å²) < 4.78 is 10.1. The van der Waals surface area contributed by atoms with Gasteiger partial charge in [-0.25, -0.2) is 0 Å². The molecule has 0 aliphatic rings. The van der Waals surface area contributed by atoms with Crippen molar-refractivity contribution in [2.75, 3.05) is 20.3 Å². The van der Waals surface area contributed by atoms with E-state index in [-0.39, 0.29) is 0 Å². The molecular weight excluding hydrogens is 172 g/mol. The standard InChI is InChI=1S/C9H12O2S/c1-10-7-8-11-12-9-5-3-2-4-6-9/h2-6H,7-8H2,1H3. The van der Waals surface area contributed by atoms with Crippen LogP contribution in [0.4, 0.5) is 0 Å². The van der Waals surface area contributed by atoms with Crippen molar-refractivity contribution < 1.29 is 8.92 Å². The van der Waals surface area contributed by atoms with Crippen LogP contribution in [0.25, 0.3) is 0 Å². The molecule has 0 amide bonds. The van der Waals surface area contributed by atoms with E-state index >= 15 is 0 Å². The average molecular weight is 184 g/mol. The second kappa shape index (κ2) is 6.06. The highest BCUT2D eigenvalue weighted by atomic mass is 32.2. The van der Waals surface area contributed by atoms with Crippen molar-refractivity contribution in [1.29, 1.82) is 0 Å². The lowest BCUT2D eigenvalue weighted by molar-refractivity contribution is 0.157. The van der Waals surface area contributed by atoms with E-state index in [1.165, 1.54) is 12.0 Å². The first-order valence-corrected chi connectivity index (χ1v) is 4.51. The molecule has 0 heterocycles. The average Bonchev–Trinajstić information content (AvgIpc) is 2.14. The van der Waals surface area contributed by atoms with E-state index < -0.39 is 0 Å². The van der Waals surface area contributed by atoms with E-state index in [1.54, 1.807) is 7.11 Å². The maximum atomic E-state index is 5.25. The summed E-state index contributed by atoms with van der Waals surface area (Å²) in [6.07, 6.45) is 0. The third-order valence-corrected chi connectivity index (χ3v) is 2.02. The molecule has 0 radical (unpaired) electrons. The van der Waals surface area contributed by atoms with E-state index in [0.717, 1.165) is 4.90 Å². The van der Waals surface area contributed by atoms with Crippen molar-refractivity contribution in [3.8, 4) is 0 Å². The van der Waals surface area contributed by atoms with Gasteiger partial charge in [-0.1, -0.05) is 18.2 Å². The minimum Gasteiger partial charge on any atom is -0.382 e. The SMILES string of the molecule is COCCOSc1ccccc1. The fraction of sp³-hybridized carbons (Fsp3) is 0.333. The first-order valence-electron chi connectivity index (χ1n) is 3.77. The summed E-state index contributed by atoms with van der Waals surface area (Å²) in [6, 6.07) is 9.98. The maximum absolute atomic E-state index is 5.25. The van der Waals surface area contributed by atoms with Gasteiger partial charge in [-0.15, -0.1) is 0 Å². The van der Waals surface area contributed by atoms with E-state index in [9.17, 15) is 0 Å². The largest absolute Gasteiger partial charge is 0.382 e. The topological polar surface area (TPSA) is 18.5 Å². The van der Waals surface area contributed by atoms with Crippen LogP contribution >= 0.6 is 12.0 Å². The molecule has 0 saturated heterocycles. The second-order valence-corrected chi connectivity index (χ2v) is 3.08. The van der Waals surface area contributed by atoms with Crippen molar-refractivity contribution >= 4 is 12.0 Å². The van der Waals surface area contributed by atoms with Crippen molar-refractivity contribution in [2.45, 2.75) is 4.90 Å². The predicted molar refractivity (Wildman–Crippen MR) is 50.1 cm³/mol. The van der Waals surface area contributed by atoms with Crippen LogP contribution in [0.2, 0.25) is 0 Å². The molecule has 66 valence electrons. The van der Waals surface area contributed by atoms with Gasteiger partial charge in [-0.2, -0.15) is 0 Å². The van der Waals surface area contributed by atoms with Crippen LogP contribution in [0, 0.1) is 0 Å². The van der Waals surface area contributed by atoms with Gasteiger partial charge in [0.2, 0.25) is 0 Å². The Hall–Kier alpha value is -0.510. The summed E-state index contributed by atoms with van der Waals surface area (Å²) in [5, 5.41) is 0. The Bertz CT molecular complexity index is 201. The van der Waals surface area contributed by atoms with Crippen LogP contribution in [0.1, 0.15) is 0 Å². The maximum Gasteiger partial charge on any atom is 0.0852 e. The molecule has 0 fully saturated rings. The molecule has 0 aromatic heterocycles. The fourth-order valence-electron chi connectivity index (χ4n) is 0.703. The molecule has 0 bridgehead atoms. The summed E-state index contributed by atoms with van der Waals surface area (Å²) >= 11 is 1.38. The minimum absolute atomic E-state index is 0.621. The smallest absolute Gasteiger partial charge is 0.0852 e. The molecule has 0 saturated carbocycles. The van der Waals surface area contributed by atoms with Crippen molar-refractivity contribution in [3.05, 3.63) is 30.3 Å². The zero-order chi connectivity index (χ0) is 8.65. The van der Waals surface area contributed by atoms with E-state index in [2.05, 4.69) is 0 Å². The highest BCUT2D eigenvalue weighted by Crippen LogP contribution is 2.17. The number of hydrogen-bond donors (Lipinski definition) is 0. The van der Waals surface area contributed by atoms with Crippen LogP contribution in [0.5, 0.6) is 0 Å². The first kappa shape index (κ1) is 9.58. The van der Waals surface area contributed by atoms with Gasteiger partial charge in [0.1, 0.15) is 0 Å². The van der Waals surface area contributed by atoms with Gasteiger partial charge >= 0.3 is 0 Å². The molecule has 0 atom stereocenters. The van der Waals surface area contributed by atoms with E-state index in [0.29, 0.717) is 13.2 Å². The van der Waals surface area contributed by atoms with E-state index in [4.69, 9.17) is 8.92 Å². The summed E-state index contributed by atoms with van der Waals surface area (Å²) in [7, 11) is 1.66. The van der Waals surface area contributed by atoms with Gasteiger partial charge < -0.3 is 8.92 Å². The lowest BCUT2D eigenvalue weighted by Crippen LogP contribution is -1.95. The Morgan fingerprint density at radius 2 is 1.92 bits per heavy atom. The molecule has 12 heavy (non-hydrogen) atoms. The molecule has 1 aromatic rings. The van der Waals surface area contributed by atoms with Gasteiger partial charge in [-0.05, 0) is 12.1 Å². The quantitative estimate of drug-likeness (QED) is 0.517. The van der Waals surface area contributed by atoms with Crippen molar-refractivity contribution in [3.63, 3.8) is 0 Å². The lowest BCUT2D eigenvalue weighted by atomic mass is 10.4. The minimum atomic E-state index is 0.621. The van der Waals surface area contributed by atoms with Crippen LogP contribution in [-0.4, -0.2) is 20.3 Å². The van der Waals surface area contributed by atoms with Crippen molar-refractivity contribution in [2.24, 2.45) is 0 Å². The predicted octanol–water partition coefficient (Wildman–Crippen LogP) is 2.36. The monoisotopic (exact) mass is 184 g/mol. The van der Waals surface area contributed by atoms with Crippen LogP contribution < -0.4 is 0 Å². The molecule has 1 rings (SSSR count). The Balaban J connectivity index is 2.16. The second-order valence-electron chi connectivity index (χ2n) is 2.21. The molecule has 0 N–H and O–H groups in total. The molecule has 3 heteroatoms. The molecule has 0 aliphatic heterocycles. The molecule has 0 spiro atoms. The van der Waals surface area contributed by atoms with Gasteiger partial charge in [0.05, 0.1) is 13.2 Å². The van der Waals surface area contributed by atoms with Crippen molar-refractivity contribution in [1.82, 2.24) is 0 Å². The van der Waals surface area contributed by atoms with Crippen LogP contribution in [-0.2, 0) is 8.92 Å². The molecule has 0 unspecified atom stereocenters. The Morgan fingerprint density at radius 1 is 1.17 bits per heavy atom. The number of hydrogen-bond acceptors (Lipinski definition) is 3. The molecule has 0 aliphatic carbocycles. The summed E-state index contributed by atoms with van der Waals surface area (Å²) in [4.78, 5) is 1.12. The number of methoxy groups -OCH3 is 1. The number of ether oxygens (including phenoxy) is 1. The van der Waals surface area contributed by atoms with Crippen LogP contribution in [0.3, 0.4) is 0 Å². The van der Waals surface area contributed by atoms with Gasteiger partial charge in [-0.3, -0.25) is 0 Å². The number of benzene rings is 1. The van der Waals surface area contributed by atoms with Crippen LogP contribution in [0.15, 0.2) is 35.2 Å². The third kappa shape index (κ3) is 3.76. The van der Waals surface area contributed by atoms with Gasteiger partial charge in [0, 0.05) is 24.0 Å². The zero-order valence-corrected chi connectivity index (χ0v) is 7.84. The third-order valence-electron chi connectivity index (χ3n) is 1.27. The molecular formula is C9H12O2S. The van der Waals surface area contributed by atoms with E-state index in [1.807, 2.05) is 30.3 Å².